The van der Waals surface area contributed by atoms with Gasteiger partial charge in [-0.25, -0.2) is 9.59 Å². The second-order valence-electron chi connectivity index (χ2n) is 2.34. The third-order valence-electron chi connectivity index (χ3n) is 1.34. The van der Waals surface area contributed by atoms with Crippen LogP contribution in [0.25, 0.3) is 0 Å². The lowest BCUT2D eigenvalue weighted by Crippen LogP contribution is -2.12. The number of esters is 1. The van der Waals surface area contributed by atoms with Crippen LogP contribution in [0.2, 0.25) is 0 Å². The molecule has 0 radical (unpaired) electrons. The molecule has 1 rings (SSSR count). The van der Waals surface area contributed by atoms with Crippen molar-refractivity contribution in [2.75, 3.05) is 6.61 Å². The zero-order chi connectivity index (χ0) is 9.68. The number of hydrogen-bond acceptors (Lipinski definition) is 3. The van der Waals surface area contributed by atoms with E-state index in [1.807, 2.05) is 0 Å². The third kappa shape index (κ3) is 4.08. The molecule has 0 aromatic heterocycles. The van der Waals surface area contributed by atoms with Gasteiger partial charge in [-0.2, -0.15) is 0 Å². The molecular weight excluding hydrogens is 199 g/mol. The van der Waals surface area contributed by atoms with Gasteiger partial charge in [-0.15, -0.1) is 0 Å². The SMILES string of the molecule is O=C(O)COC(=O)c1ccccc1.[AlH3]. The maximum Gasteiger partial charge on any atom is 0.341 e. The molecule has 0 bridgehead atoms. The molecule has 0 atom stereocenters. The highest BCUT2D eigenvalue weighted by molar-refractivity contribution is 5.90. The van der Waals surface area contributed by atoms with Crippen LogP contribution in [0.15, 0.2) is 30.3 Å². The van der Waals surface area contributed by atoms with Gasteiger partial charge in [-0.1, -0.05) is 18.2 Å². The second-order valence-corrected chi connectivity index (χ2v) is 2.34. The van der Waals surface area contributed by atoms with Crippen LogP contribution in [-0.2, 0) is 9.53 Å². The summed E-state index contributed by atoms with van der Waals surface area (Å²) in [4.78, 5) is 21.1. The molecule has 5 heteroatoms. The minimum absolute atomic E-state index is 0. The van der Waals surface area contributed by atoms with E-state index in [9.17, 15) is 9.59 Å². The van der Waals surface area contributed by atoms with E-state index < -0.39 is 18.5 Å². The van der Waals surface area contributed by atoms with Crippen molar-refractivity contribution in [3.8, 4) is 0 Å². The van der Waals surface area contributed by atoms with Crippen molar-refractivity contribution < 1.29 is 19.4 Å². The molecule has 0 aliphatic rings. The van der Waals surface area contributed by atoms with Crippen LogP contribution in [0.3, 0.4) is 0 Å². The van der Waals surface area contributed by atoms with Crippen molar-refractivity contribution in [3.63, 3.8) is 0 Å². The molecule has 0 fully saturated rings. The van der Waals surface area contributed by atoms with E-state index in [0.717, 1.165) is 0 Å². The topological polar surface area (TPSA) is 63.6 Å². The number of benzene rings is 1. The van der Waals surface area contributed by atoms with Crippen LogP contribution in [0.1, 0.15) is 10.4 Å². The number of rotatable bonds is 3. The molecule has 14 heavy (non-hydrogen) atoms. The van der Waals surface area contributed by atoms with Crippen molar-refractivity contribution in [3.05, 3.63) is 35.9 Å². The lowest BCUT2D eigenvalue weighted by molar-refractivity contribution is -0.140. The predicted molar refractivity (Wildman–Crippen MR) is 54.3 cm³/mol. The van der Waals surface area contributed by atoms with Crippen molar-refractivity contribution >= 4 is 29.3 Å². The Kier molecular flexibility index (Phi) is 5.61. The van der Waals surface area contributed by atoms with E-state index in [0.29, 0.717) is 5.56 Å². The smallest absolute Gasteiger partial charge is 0.341 e. The fourth-order valence-electron chi connectivity index (χ4n) is 0.785. The first-order valence-corrected chi connectivity index (χ1v) is 3.64. The van der Waals surface area contributed by atoms with E-state index >= 15 is 0 Å². The summed E-state index contributed by atoms with van der Waals surface area (Å²) in [5.41, 5.74) is 0.351. The van der Waals surface area contributed by atoms with Gasteiger partial charge in [0.25, 0.3) is 0 Å². The van der Waals surface area contributed by atoms with Gasteiger partial charge in [0, 0.05) is 0 Å². The molecule has 0 saturated heterocycles. The van der Waals surface area contributed by atoms with Gasteiger partial charge >= 0.3 is 11.9 Å². The lowest BCUT2D eigenvalue weighted by atomic mass is 10.2. The molecule has 0 aliphatic carbocycles. The van der Waals surface area contributed by atoms with Gasteiger partial charge in [0.05, 0.1) is 5.56 Å². The largest absolute Gasteiger partial charge is 0.479 e. The highest BCUT2D eigenvalue weighted by Crippen LogP contribution is 2.00. The second kappa shape index (κ2) is 6.19. The Balaban J connectivity index is 0.00000169. The Morgan fingerprint density at radius 2 is 1.79 bits per heavy atom. The summed E-state index contributed by atoms with van der Waals surface area (Å²) in [6.07, 6.45) is 0. The van der Waals surface area contributed by atoms with Gasteiger partial charge in [0.2, 0.25) is 0 Å². The van der Waals surface area contributed by atoms with Crippen molar-refractivity contribution in [1.29, 1.82) is 0 Å². The van der Waals surface area contributed by atoms with E-state index in [2.05, 4.69) is 4.74 Å². The summed E-state index contributed by atoms with van der Waals surface area (Å²) >= 11 is 0. The van der Waals surface area contributed by atoms with Crippen LogP contribution >= 0.6 is 0 Å². The summed E-state index contributed by atoms with van der Waals surface area (Å²) in [5.74, 6) is -1.78. The molecule has 1 aromatic carbocycles. The summed E-state index contributed by atoms with van der Waals surface area (Å²) in [5, 5.41) is 8.23. The van der Waals surface area contributed by atoms with Crippen LogP contribution in [-0.4, -0.2) is 41.0 Å². The average molecular weight is 210 g/mol. The van der Waals surface area contributed by atoms with Gasteiger partial charge < -0.3 is 9.84 Å². The zero-order valence-electron chi connectivity index (χ0n) is 6.77. The van der Waals surface area contributed by atoms with E-state index in [-0.39, 0.29) is 17.4 Å². The molecule has 0 saturated carbocycles. The first kappa shape index (κ1) is 12.7. The maximum atomic E-state index is 11.1. The lowest BCUT2D eigenvalue weighted by Gasteiger charge is -2.00. The third-order valence-corrected chi connectivity index (χ3v) is 1.34. The first-order chi connectivity index (χ1) is 6.20. The highest BCUT2D eigenvalue weighted by Gasteiger charge is 2.07. The number of aliphatic carboxylic acids is 1. The molecule has 1 N–H and O–H groups in total. The molecule has 4 nitrogen and oxygen atoms in total. The standard InChI is InChI=1S/C9H8O4.Al.3H/c10-8(11)6-13-9(12)7-4-2-1-3-5-7;;;;/h1-5H,6H2,(H,10,11);;;;. The number of hydrogen-bond donors (Lipinski definition) is 1. The summed E-state index contributed by atoms with van der Waals surface area (Å²) in [7, 11) is 0. The van der Waals surface area contributed by atoms with Crippen LogP contribution < -0.4 is 0 Å². The Bertz CT molecular complexity index is 310. The quantitative estimate of drug-likeness (QED) is 0.551. The van der Waals surface area contributed by atoms with Gasteiger partial charge in [-0.3, -0.25) is 0 Å². The Morgan fingerprint density at radius 1 is 1.21 bits per heavy atom. The molecule has 0 spiro atoms. The minimum atomic E-state index is -1.16. The molecule has 0 aliphatic heterocycles. The fourth-order valence-corrected chi connectivity index (χ4v) is 0.785. The van der Waals surface area contributed by atoms with Crippen molar-refractivity contribution in [2.24, 2.45) is 0 Å². The number of carboxylic acid groups (broad SMARTS) is 1. The van der Waals surface area contributed by atoms with Crippen molar-refractivity contribution in [1.82, 2.24) is 0 Å². The maximum absolute atomic E-state index is 11.1. The van der Waals surface area contributed by atoms with Gasteiger partial charge in [0.15, 0.2) is 24.0 Å². The Labute approximate surface area is 91.6 Å². The molecular formula is C9H11AlO4. The van der Waals surface area contributed by atoms with E-state index in [1.54, 1.807) is 30.3 Å². The van der Waals surface area contributed by atoms with Gasteiger partial charge in [-0.05, 0) is 12.1 Å². The highest BCUT2D eigenvalue weighted by atomic mass is 27.0. The minimum Gasteiger partial charge on any atom is -0.479 e. The predicted octanol–water partition coefficient (Wildman–Crippen LogP) is -0.256. The summed E-state index contributed by atoms with van der Waals surface area (Å²) in [6, 6.07) is 8.23. The first-order valence-electron chi connectivity index (χ1n) is 3.64. The van der Waals surface area contributed by atoms with Crippen LogP contribution in [0.5, 0.6) is 0 Å². The van der Waals surface area contributed by atoms with E-state index in [4.69, 9.17) is 5.11 Å². The molecule has 1 aromatic rings. The fraction of sp³-hybridized carbons (Fsp3) is 0.111. The Hall–Kier alpha value is -1.31. The molecule has 0 amide bonds. The average Bonchev–Trinajstić information content (AvgIpc) is 2.15. The number of carbonyl (C=O) groups is 2. The molecule has 0 unspecified atom stereocenters. The number of carbonyl (C=O) groups excluding carboxylic acids is 1. The normalized spacial score (nSPS) is 8.57. The number of carboxylic acids is 1. The van der Waals surface area contributed by atoms with Gasteiger partial charge in [0.1, 0.15) is 0 Å². The molecule has 74 valence electrons. The van der Waals surface area contributed by atoms with E-state index in [1.165, 1.54) is 0 Å². The summed E-state index contributed by atoms with van der Waals surface area (Å²) in [6.45, 7) is -0.603. The van der Waals surface area contributed by atoms with Crippen LogP contribution in [0, 0.1) is 0 Å². The Morgan fingerprint density at radius 3 is 2.29 bits per heavy atom. The van der Waals surface area contributed by atoms with Crippen molar-refractivity contribution in [2.45, 2.75) is 0 Å². The molecule has 0 heterocycles. The van der Waals surface area contributed by atoms with Crippen LogP contribution in [0.4, 0.5) is 0 Å². The number of ether oxygens (including phenoxy) is 1. The summed E-state index contributed by atoms with van der Waals surface area (Å²) < 4.78 is 4.45. The monoisotopic (exact) mass is 210 g/mol. The zero-order valence-corrected chi connectivity index (χ0v) is 6.77.